The predicted octanol–water partition coefficient (Wildman–Crippen LogP) is 7.65. The molecule has 1 atom stereocenters. The molecule has 0 N–H and O–H groups in total. The van der Waals surface area contributed by atoms with Crippen LogP contribution in [0.1, 0.15) is 24.7 Å². The quantitative estimate of drug-likeness (QED) is 0.300. The fourth-order valence-electron chi connectivity index (χ4n) is 2.97. The summed E-state index contributed by atoms with van der Waals surface area (Å²) in [6.45, 7) is 1.06. The molecule has 0 aliphatic carbocycles. The SMILES string of the molecule is C.Clc1ccc(C(Cn2ccnc2)OCc2csc3c(Cl)cccc23)c(Cl)c1. The molecule has 0 aliphatic heterocycles. The van der Waals surface area contributed by atoms with Gasteiger partial charge in [0, 0.05) is 28.0 Å². The summed E-state index contributed by atoms with van der Waals surface area (Å²) in [6.07, 6.45) is 5.17. The summed E-state index contributed by atoms with van der Waals surface area (Å²) < 4.78 is 9.35. The fraction of sp³-hybridized carbons (Fsp3) is 0.190. The molecule has 0 aliphatic rings. The maximum Gasteiger partial charge on any atom is 0.102 e. The molecule has 1 unspecified atom stereocenters. The Kier molecular flexibility index (Phi) is 7.02. The number of imidazole rings is 1. The Morgan fingerprint density at radius 1 is 1.11 bits per heavy atom. The number of hydrogen-bond donors (Lipinski definition) is 0. The summed E-state index contributed by atoms with van der Waals surface area (Å²) in [5.41, 5.74) is 2.01. The highest BCUT2D eigenvalue weighted by Gasteiger charge is 2.18. The van der Waals surface area contributed by atoms with Crippen LogP contribution in [0.4, 0.5) is 0 Å². The molecule has 7 heteroatoms. The van der Waals surface area contributed by atoms with Crippen LogP contribution < -0.4 is 0 Å². The molecule has 0 fully saturated rings. The van der Waals surface area contributed by atoms with Crippen molar-refractivity contribution >= 4 is 56.2 Å². The smallest absolute Gasteiger partial charge is 0.102 e. The lowest BCUT2D eigenvalue weighted by molar-refractivity contribution is 0.0288. The number of aromatic nitrogens is 2. The third-order valence-electron chi connectivity index (χ3n) is 4.32. The van der Waals surface area contributed by atoms with Gasteiger partial charge in [0.2, 0.25) is 0 Å². The standard InChI is InChI=1S/C20H15Cl3N2OS.CH4/c21-14-4-5-16(18(23)8-14)19(9-25-7-6-24-12-25)26-10-13-11-27-20-15(13)2-1-3-17(20)22;/h1-8,11-12,19H,9-10H2;1H4. The van der Waals surface area contributed by atoms with Crippen molar-refractivity contribution in [2.75, 3.05) is 0 Å². The van der Waals surface area contributed by atoms with Crippen LogP contribution in [0, 0.1) is 0 Å². The minimum absolute atomic E-state index is 0. The van der Waals surface area contributed by atoms with Gasteiger partial charge in [0.15, 0.2) is 0 Å². The van der Waals surface area contributed by atoms with Crippen molar-refractivity contribution < 1.29 is 4.74 Å². The van der Waals surface area contributed by atoms with Gasteiger partial charge in [0.05, 0.1) is 29.2 Å². The van der Waals surface area contributed by atoms with Crippen molar-refractivity contribution in [3.05, 3.63) is 86.7 Å². The minimum Gasteiger partial charge on any atom is -0.367 e. The van der Waals surface area contributed by atoms with Gasteiger partial charge in [-0.3, -0.25) is 0 Å². The Morgan fingerprint density at radius 3 is 2.71 bits per heavy atom. The molecule has 0 saturated carbocycles. The van der Waals surface area contributed by atoms with E-state index in [-0.39, 0.29) is 13.5 Å². The number of nitrogens with zero attached hydrogens (tertiary/aromatic N) is 2. The highest BCUT2D eigenvalue weighted by Crippen LogP contribution is 2.34. The zero-order valence-electron chi connectivity index (χ0n) is 14.1. The van der Waals surface area contributed by atoms with E-state index in [2.05, 4.69) is 16.4 Å². The average molecular weight is 454 g/mol. The Morgan fingerprint density at radius 2 is 1.96 bits per heavy atom. The maximum atomic E-state index is 6.44. The van der Waals surface area contributed by atoms with Crippen LogP contribution in [-0.4, -0.2) is 9.55 Å². The molecule has 0 spiro atoms. The maximum absolute atomic E-state index is 6.44. The van der Waals surface area contributed by atoms with Gasteiger partial charge >= 0.3 is 0 Å². The first-order valence-corrected chi connectivity index (χ1v) is 10.3. The topological polar surface area (TPSA) is 27.1 Å². The second-order valence-corrected chi connectivity index (χ2v) is 8.23. The van der Waals surface area contributed by atoms with E-state index >= 15 is 0 Å². The van der Waals surface area contributed by atoms with Gasteiger partial charge in [0.25, 0.3) is 0 Å². The molecule has 2 aromatic carbocycles. The van der Waals surface area contributed by atoms with Gasteiger partial charge in [-0.25, -0.2) is 4.98 Å². The number of halogens is 3. The first kappa shape index (κ1) is 21.2. The number of hydrogen-bond acceptors (Lipinski definition) is 3. The van der Waals surface area contributed by atoms with Crippen LogP contribution in [0.15, 0.2) is 60.5 Å². The number of benzene rings is 2. The predicted molar refractivity (Wildman–Crippen MR) is 120 cm³/mol. The van der Waals surface area contributed by atoms with Gasteiger partial charge in [-0.1, -0.05) is 60.4 Å². The van der Waals surface area contributed by atoms with E-state index in [1.54, 1.807) is 29.9 Å². The summed E-state index contributed by atoms with van der Waals surface area (Å²) in [5.74, 6) is 0. The van der Waals surface area contributed by atoms with Crippen LogP contribution in [0.5, 0.6) is 0 Å². The molecule has 0 bridgehead atoms. The monoisotopic (exact) mass is 452 g/mol. The second-order valence-electron chi connectivity index (χ2n) is 6.10. The van der Waals surface area contributed by atoms with Gasteiger partial charge < -0.3 is 9.30 Å². The number of rotatable bonds is 6. The van der Waals surface area contributed by atoms with E-state index in [1.807, 2.05) is 35.0 Å². The van der Waals surface area contributed by atoms with Crippen LogP contribution in [-0.2, 0) is 17.9 Å². The van der Waals surface area contributed by atoms with Crippen LogP contribution in [0.2, 0.25) is 15.1 Å². The molecule has 4 rings (SSSR count). The third kappa shape index (κ3) is 4.53. The van der Waals surface area contributed by atoms with Gasteiger partial charge in [0.1, 0.15) is 6.10 Å². The highest BCUT2D eigenvalue weighted by molar-refractivity contribution is 7.18. The molecule has 146 valence electrons. The van der Waals surface area contributed by atoms with Crippen molar-refractivity contribution in [3.8, 4) is 0 Å². The lowest BCUT2D eigenvalue weighted by Crippen LogP contribution is -2.12. The lowest BCUT2D eigenvalue weighted by atomic mass is 10.1. The van der Waals surface area contributed by atoms with Crippen molar-refractivity contribution in [1.82, 2.24) is 9.55 Å². The van der Waals surface area contributed by atoms with Gasteiger partial charge in [-0.15, -0.1) is 11.3 Å². The van der Waals surface area contributed by atoms with Crippen LogP contribution in [0.25, 0.3) is 10.1 Å². The summed E-state index contributed by atoms with van der Waals surface area (Å²) in [7, 11) is 0. The molecular formula is C21H19Cl3N2OS. The molecular weight excluding hydrogens is 435 g/mol. The van der Waals surface area contributed by atoms with Crippen molar-refractivity contribution in [2.45, 2.75) is 26.7 Å². The van der Waals surface area contributed by atoms with E-state index in [0.717, 1.165) is 26.2 Å². The molecule has 28 heavy (non-hydrogen) atoms. The average Bonchev–Trinajstić information content (AvgIpc) is 3.29. The second kappa shape index (κ2) is 9.29. The van der Waals surface area contributed by atoms with E-state index in [9.17, 15) is 0 Å². The Bertz CT molecular complexity index is 1060. The highest BCUT2D eigenvalue weighted by atomic mass is 35.5. The Balaban J connectivity index is 0.00000225. The Labute approximate surface area is 183 Å². The van der Waals surface area contributed by atoms with E-state index in [1.165, 1.54) is 0 Å². The molecule has 0 amide bonds. The molecule has 0 saturated heterocycles. The van der Waals surface area contributed by atoms with Crippen molar-refractivity contribution in [1.29, 1.82) is 0 Å². The summed E-state index contributed by atoms with van der Waals surface area (Å²) in [4.78, 5) is 4.11. The summed E-state index contributed by atoms with van der Waals surface area (Å²) in [6, 6.07) is 11.4. The van der Waals surface area contributed by atoms with Crippen LogP contribution >= 0.6 is 46.1 Å². The van der Waals surface area contributed by atoms with Gasteiger partial charge in [-0.2, -0.15) is 0 Å². The number of fused-ring (bicyclic) bond motifs is 1. The zero-order chi connectivity index (χ0) is 18.8. The zero-order valence-corrected chi connectivity index (χ0v) is 17.2. The largest absolute Gasteiger partial charge is 0.367 e. The van der Waals surface area contributed by atoms with Crippen molar-refractivity contribution in [3.63, 3.8) is 0 Å². The molecule has 2 aromatic heterocycles. The van der Waals surface area contributed by atoms with E-state index in [0.29, 0.717) is 23.2 Å². The first-order chi connectivity index (χ1) is 13.1. The van der Waals surface area contributed by atoms with E-state index < -0.39 is 0 Å². The minimum atomic E-state index is -0.238. The fourth-order valence-corrected chi connectivity index (χ4v) is 4.77. The molecule has 2 heterocycles. The normalized spacial score (nSPS) is 12.1. The third-order valence-corrected chi connectivity index (χ3v) is 6.38. The lowest BCUT2D eigenvalue weighted by Gasteiger charge is -2.20. The molecule has 3 nitrogen and oxygen atoms in total. The molecule has 4 aromatic rings. The van der Waals surface area contributed by atoms with Gasteiger partial charge in [-0.05, 0) is 34.5 Å². The Hall–Kier alpha value is -1.56. The van der Waals surface area contributed by atoms with Crippen LogP contribution in [0.3, 0.4) is 0 Å². The van der Waals surface area contributed by atoms with Crippen molar-refractivity contribution in [2.24, 2.45) is 0 Å². The summed E-state index contributed by atoms with van der Waals surface area (Å²) in [5, 5.41) is 5.17. The molecule has 0 radical (unpaired) electrons. The number of ether oxygens (including phenoxy) is 1. The number of thiophene rings is 1. The van der Waals surface area contributed by atoms with E-state index in [4.69, 9.17) is 39.5 Å². The summed E-state index contributed by atoms with van der Waals surface area (Å²) >= 11 is 20.4. The first-order valence-electron chi connectivity index (χ1n) is 8.28.